The maximum Gasteiger partial charge on any atom is 0.233 e. The molecule has 3 nitrogen and oxygen atoms in total. The Kier molecular flexibility index (Phi) is 5.55. The molecule has 0 heterocycles. The van der Waals surface area contributed by atoms with E-state index in [-0.39, 0.29) is 11.2 Å². The van der Waals surface area contributed by atoms with Gasteiger partial charge in [-0.15, -0.1) is 0 Å². The number of ether oxygens (including phenoxy) is 1. The molecule has 0 amide bonds. The molecule has 5 heteroatoms. The van der Waals surface area contributed by atoms with Crippen molar-refractivity contribution in [1.29, 1.82) is 0 Å². The maximum absolute atomic E-state index is 11.5. The number of halogens is 1. The molecule has 0 aromatic rings. The number of hydrogen-bond donors (Lipinski definition) is 0. The Balaban J connectivity index is 1.99. The average molecular weight is 309 g/mol. The Hall–Kier alpha value is 0.200. The third-order valence-electron chi connectivity index (χ3n) is 4.57. The van der Waals surface area contributed by atoms with Crippen LogP contribution in [0.1, 0.15) is 64.2 Å². The summed E-state index contributed by atoms with van der Waals surface area (Å²) in [5.74, 6) is 0.0777. The van der Waals surface area contributed by atoms with Crippen molar-refractivity contribution in [3.63, 3.8) is 0 Å². The van der Waals surface area contributed by atoms with Crippen molar-refractivity contribution in [2.45, 2.75) is 70.3 Å². The van der Waals surface area contributed by atoms with Gasteiger partial charge < -0.3 is 4.74 Å². The molecule has 19 heavy (non-hydrogen) atoms. The van der Waals surface area contributed by atoms with E-state index in [9.17, 15) is 8.42 Å². The fourth-order valence-corrected chi connectivity index (χ4v) is 5.32. The van der Waals surface area contributed by atoms with Crippen molar-refractivity contribution >= 4 is 19.7 Å². The van der Waals surface area contributed by atoms with Crippen molar-refractivity contribution < 1.29 is 13.2 Å². The summed E-state index contributed by atoms with van der Waals surface area (Å²) in [6, 6.07) is 0. The molecule has 0 aromatic heterocycles. The van der Waals surface area contributed by atoms with E-state index in [2.05, 4.69) is 0 Å². The van der Waals surface area contributed by atoms with Crippen LogP contribution in [0.2, 0.25) is 0 Å². The zero-order valence-electron chi connectivity index (χ0n) is 11.6. The van der Waals surface area contributed by atoms with Crippen LogP contribution in [0, 0.1) is 5.41 Å². The number of hydrogen-bond acceptors (Lipinski definition) is 3. The van der Waals surface area contributed by atoms with E-state index in [0.29, 0.717) is 12.7 Å². The van der Waals surface area contributed by atoms with Gasteiger partial charge in [-0.1, -0.05) is 38.5 Å². The molecule has 2 aliphatic carbocycles. The second kappa shape index (κ2) is 6.77. The molecular formula is C14H25ClO3S. The Morgan fingerprint density at radius 2 is 1.58 bits per heavy atom. The molecule has 112 valence electrons. The second-order valence-electron chi connectivity index (χ2n) is 6.31. The molecule has 2 fully saturated rings. The van der Waals surface area contributed by atoms with Crippen LogP contribution in [0.4, 0.5) is 0 Å². The van der Waals surface area contributed by atoms with Crippen molar-refractivity contribution in [3.05, 3.63) is 0 Å². The lowest BCUT2D eigenvalue weighted by Crippen LogP contribution is -2.34. The summed E-state index contributed by atoms with van der Waals surface area (Å²) < 4.78 is 29.1. The first-order valence-electron chi connectivity index (χ1n) is 7.53. The quantitative estimate of drug-likeness (QED) is 0.572. The molecule has 2 rings (SSSR count). The van der Waals surface area contributed by atoms with Crippen molar-refractivity contribution in [1.82, 2.24) is 0 Å². The van der Waals surface area contributed by atoms with Crippen molar-refractivity contribution in [3.8, 4) is 0 Å². The standard InChI is InChI=1S/C14H25ClO3S/c15-19(16,17)12-14(9-5-1-2-6-10-14)11-18-13-7-3-4-8-13/h13H,1-12H2. The first-order valence-corrected chi connectivity index (χ1v) is 10.0. The van der Waals surface area contributed by atoms with Gasteiger partial charge >= 0.3 is 0 Å². The topological polar surface area (TPSA) is 43.4 Å². The molecule has 0 aliphatic heterocycles. The minimum Gasteiger partial charge on any atom is -0.378 e. The zero-order chi connectivity index (χ0) is 13.8. The van der Waals surface area contributed by atoms with Gasteiger partial charge in [0.05, 0.1) is 18.5 Å². The maximum atomic E-state index is 11.5. The van der Waals surface area contributed by atoms with Gasteiger partial charge in [-0.05, 0) is 25.7 Å². The Morgan fingerprint density at radius 3 is 2.11 bits per heavy atom. The lowest BCUT2D eigenvalue weighted by molar-refractivity contribution is -0.00425. The van der Waals surface area contributed by atoms with Gasteiger partial charge in [-0.2, -0.15) is 0 Å². The highest BCUT2D eigenvalue weighted by Crippen LogP contribution is 2.38. The monoisotopic (exact) mass is 308 g/mol. The lowest BCUT2D eigenvalue weighted by atomic mass is 9.83. The smallest absolute Gasteiger partial charge is 0.233 e. The highest BCUT2D eigenvalue weighted by molar-refractivity contribution is 8.13. The van der Waals surface area contributed by atoms with Gasteiger partial charge in [0.2, 0.25) is 9.05 Å². The summed E-state index contributed by atoms with van der Waals surface area (Å²) in [5, 5.41) is 0. The first-order chi connectivity index (χ1) is 8.99. The van der Waals surface area contributed by atoms with Crippen molar-refractivity contribution in [2.24, 2.45) is 5.41 Å². The molecule has 0 N–H and O–H groups in total. The van der Waals surface area contributed by atoms with Gasteiger partial charge in [0.15, 0.2) is 0 Å². The first kappa shape index (κ1) is 15.6. The Morgan fingerprint density at radius 1 is 1.00 bits per heavy atom. The van der Waals surface area contributed by atoms with Crippen LogP contribution in [-0.2, 0) is 13.8 Å². The molecule has 0 radical (unpaired) electrons. The molecule has 0 aromatic carbocycles. The third kappa shape index (κ3) is 5.24. The van der Waals surface area contributed by atoms with Gasteiger partial charge in [0.25, 0.3) is 0 Å². The zero-order valence-corrected chi connectivity index (χ0v) is 13.1. The van der Waals surface area contributed by atoms with Gasteiger partial charge in [0.1, 0.15) is 0 Å². The largest absolute Gasteiger partial charge is 0.378 e. The molecular weight excluding hydrogens is 284 g/mol. The summed E-state index contributed by atoms with van der Waals surface area (Å²) in [6.45, 7) is 0.573. The summed E-state index contributed by atoms with van der Waals surface area (Å²) in [5.41, 5.74) is -0.236. The van der Waals surface area contributed by atoms with E-state index in [1.54, 1.807) is 0 Å². The minimum absolute atomic E-state index is 0.0777. The highest BCUT2D eigenvalue weighted by Gasteiger charge is 2.36. The fraction of sp³-hybridized carbons (Fsp3) is 1.00. The Bertz CT molecular complexity index is 366. The van der Waals surface area contributed by atoms with E-state index in [1.165, 1.54) is 25.7 Å². The molecule has 0 bridgehead atoms. The van der Waals surface area contributed by atoms with Crippen LogP contribution in [0.25, 0.3) is 0 Å². The van der Waals surface area contributed by atoms with Crippen LogP contribution in [0.3, 0.4) is 0 Å². The summed E-state index contributed by atoms with van der Waals surface area (Å²) in [7, 11) is 2.07. The summed E-state index contributed by atoms with van der Waals surface area (Å²) in [4.78, 5) is 0. The Labute approximate surface area is 121 Å². The molecule has 0 unspecified atom stereocenters. The third-order valence-corrected chi connectivity index (χ3v) is 5.85. The SMILES string of the molecule is O=S(=O)(Cl)CC1(COC2CCCC2)CCCCCC1. The summed E-state index contributed by atoms with van der Waals surface area (Å²) in [6.07, 6.45) is 11.6. The van der Waals surface area contributed by atoms with E-state index in [1.807, 2.05) is 0 Å². The van der Waals surface area contributed by atoms with E-state index < -0.39 is 9.05 Å². The molecule has 0 spiro atoms. The fourth-order valence-electron chi connectivity index (χ4n) is 3.52. The van der Waals surface area contributed by atoms with Crippen LogP contribution >= 0.6 is 10.7 Å². The second-order valence-corrected chi connectivity index (χ2v) is 9.09. The van der Waals surface area contributed by atoms with E-state index in [0.717, 1.165) is 38.5 Å². The summed E-state index contributed by atoms with van der Waals surface area (Å²) >= 11 is 0. The normalized spacial score (nSPS) is 25.3. The minimum atomic E-state index is -3.45. The lowest BCUT2D eigenvalue weighted by Gasteiger charge is -2.32. The molecule has 0 atom stereocenters. The number of rotatable bonds is 5. The van der Waals surface area contributed by atoms with Gasteiger partial charge in [-0.3, -0.25) is 0 Å². The predicted molar refractivity (Wildman–Crippen MR) is 78.0 cm³/mol. The van der Waals surface area contributed by atoms with Gasteiger partial charge in [0, 0.05) is 16.1 Å². The molecule has 2 aliphatic rings. The van der Waals surface area contributed by atoms with Crippen molar-refractivity contribution in [2.75, 3.05) is 12.4 Å². The van der Waals surface area contributed by atoms with Crippen LogP contribution in [0.15, 0.2) is 0 Å². The van der Waals surface area contributed by atoms with Crippen LogP contribution < -0.4 is 0 Å². The predicted octanol–water partition coefficient (Wildman–Crippen LogP) is 3.85. The average Bonchev–Trinajstić information content (AvgIpc) is 2.73. The van der Waals surface area contributed by atoms with E-state index >= 15 is 0 Å². The highest BCUT2D eigenvalue weighted by atomic mass is 35.7. The van der Waals surface area contributed by atoms with Crippen LogP contribution in [-0.4, -0.2) is 26.9 Å². The molecule has 0 saturated heterocycles. The van der Waals surface area contributed by atoms with Crippen LogP contribution in [0.5, 0.6) is 0 Å². The van der Waals surface area contributed by atoms with E-state index in [4.69, 9.17) is 15.4 Å². The molecule has 2 saturated carbocycles. The van der Waals surface area contributed by atoms with Gasteiger partial charge in [-0.25, -0.2) is 8.42 Å².